The topological polar surface area (TPSA) is 138 Å². The van der Waals surface area contributed by atoms with Crippen molar-refractivity contribution in [1.29, 1.82) is 0 Å². The summed E-state index contributed by atoms with van der Waals surface area (Å²) in [5.74, 6) is 0. The van der Waals surface area contributed by atoms with E-state index in [4.69, 9.17) is 34.6 Å². The van der Waals surface area contributed by atoms with Crippen LogP contribution in [0.4, 0.5) is 0 Å². The molecule has 0 aliphatic carbocycles. The SMILES string of the molecule is O=P(O)(O)O.OCC(O)CO.[KH]. The molecular formula is C3H12KO7P. The molecule has 0 fully saturated rings. The Labute approximate surface area is 112 Å². The van der Waals surface area contributed by atoms with E-state index >= 15 is 0 Å². The number of aliphatic hydroxyl groups excluding tert-OH is 3. The molecule has 0 spiro atoms. The van der Waals surface area contributed by atoms with Gasteiger partial charge in [0, 0.05) is 0 Å². The second-order valence-corrected chi connectivity index (χ2v) is 2.56. The van der Waals surface area contributed by atoms with Gasteiger partial charge in [-0.15, -0.1) is 0 Å². The number of rotatable bonds is 2. The van der Waals surface area contributed by atoms with Crippen LogP contribution in [0.1, 0.15) is 0 Å². The van der Waals surface area contributed by atoms with Gasteiger partial charge in [-0.05, 0) is 0 Å². The van der Waals surface area contributed by atoms with E-state index in [1.807, 2.05) is 0 Å². The molecule has 0 aromatic heterocycles. The first kappa shape index (κ1) is 19.2. The molecule has 9 heteroatoms. The molecule has 0 saturated heterocycles. The van der Waals surface area contributed by atoms with E-state index in [1.165, 1.54) is 0 Å². The van der Waals surface area contributed by atoms with Crippen LogP contribution in [0, 0.1) is 0 Å². The Balaban J connectivity index is -0.000000126. The van der Waals surface area contributed by atoms with Crippen LogP contribution < -0.4 is 0 Å². The van der Waals surface area contributed by atoms with Crippen molar-refractivity contribution in [3.63, 3.8) is 0 Å². The molecule has 0 heterocycles. The van der Waals surface area contributed by atoms with Crippen LogP contribution in [0.5, 0.6) is 0 Å². The quantitative estimate of drug-likeness (QED) is 0.216. The van der Waals surface area contributed by atoms with Crippen molar-refractivity contribution in [1.82, 2.24) is 0 Å². The van der Waals surface area contributed by atoms with E-state index in [1.54, 1.807) is 0 Å². The van der Waals surface area contributed by atoms with E-state index in [9.17, 15) is 0 Å². The van der Waals surface area contributed by atoms with Gasteiger partial charge in [0.05, 0.1) is 13.2 Å². The Hall–Kier alpha value is 1.63. The number of aliphatic hydroxyl groups is 3. The molecule has 12 heavy (non-hydrogen) atoms. The molecule has 6 N–H and O–H groups in total. The zero-order chi connectivity index (χ0) is 9.49. The van der Waals surface area contributed by atoms with Crippen molar-refractivity contribution in [3.8, 4) is 0 Å². The Morgan fingerprint density at radius 2 is 1.25 bits per heavy atom. The van der Waals surface area contributed by atoms with Crippen LogP contribution in [-0.2, 0) is 4.57 Å². The molecule has 0 rings (SSSR count). The molecule has 0 aliphatic heterocycles. The van der Waals surface area contributed by atoms with Crippen LogP contribution in [0.25, 0.3) is 0 Å². The maximum atomic E-state index is 8.88. The van der Waals surface area contributed by atoms with E-state index in [0.29, 0.717) is 0 Å². The maximum absolute atomic E-state index is 8.88. The van der Waals surface area contributed by atoms with Gasteiger partial charge in [0.15, 0.2) is 0 Å². The second kappa shape index (κ2) is 10.7. The summed E-state index contributed by atoms with van der Waals surface area (Å²) in [4.78, 5) is 21.6. The van der Waals surface area contributed by atoms with Crippen molar-refractivity contribution < 1.29 is 34.6 Å². The van der Waals surface area contributed by atoms with Gasteiger partial charge in [-0.25, -0.2) is 4.57 Å². The fraction of sp³-hybridized carbons (Fsp3) is 1.00. The van der Waals surface area contributed by atoms with Gasteiger partial charge < -0.3 is 30.0 Å². The van der Waals surface area contributed by atoms with Gasteiger partial charge in [-0.2, -0.15) is 0 Å². The van der Waals surface area contributed by atoms with Crippen LogP contribution in [0.2, 0.25) is 0 Å². The average molecular weight is 230 g/mol. The van der Waals surface area contributed by atoms with E-state index in [-0.39, 0.29) is 64.6 Å². The van der Waals surface area contributed by atoms with Crippen LogP contribution in [0.15, 0.2) is 0 Å². The zero-order valence-corrected chi connectivity index (χ0v) is 6.42. The van der Waals surface area contributed by atoms with Gasteiger partial charge in [0.2, 0.25) is 0 Å². The molecule has 72 valence electrons. The molecule has 0 aromatic carbocycles. The summed E-state index contributed by atoms with van der Waals surface area (Å²) in [7, 11) is -4.64. The zero-order valence-electron chi connectivity index (χ0n) is 5.53. The predicted octanol–water partition coefficient (Wildman–Crippen LogP) is -3.25. The Morgan fingerprint density at radius 1 is 1.08 bits per heavy atom. The van der Waals surface area contributed by atoms with Crippen molar-refractivity contribution >= 4 is 59.2 Å². The van der Waals surface area contributed by atoms with E-state index in [0.717, 1.165) is 0 Å². The Kier molecular flexibility index (Phi) is 17.2. The van der Waals surface area contributed by atoms with Gasteiger partial charge in [-0.3, -0.25) is 0 Å². The summed E-state index contributed by atoms with van der Waals surface area (Å²) >= 11 is 0. The molecular weight excluding hydrogens is 218 g/mol. The molecule has 7 nitrogen and oxygen atoms in total. The first-order valence-electron chi connectivity index (χ1n) is 2.49. The minimum absolute atomic E-state index is 0. The number of hydrogen-bond acceptors (Lipinski definition) is 4. The third kappa shape index (κ3) is 41.5. The van der Waals surface area contributed by atoms with Crippen LogP contribution in [0.3, 0.4) is 0 Å². The monoisotopic (exact) mass is 230 g/mol. The van der Waals surface area contributed by atoms with Gasteiger partial charge in [0.25, 0.3) is 0 Å². The second-order valence-electron chi connectivity index (χ2n) is 1.53. The summed E-state index contributed by atoms with van der Waals surface area (Å²) in [6.45, 7) is -0.729. The fourth-order valence-corrected chi connectivity index (χ4v) is 0.0577. The van der Waals surface area contributed by atoms with Crippen molar-refractivity contribution in [2.75, 3.05) is 13.2 Å². The molecule has 0 saturated carbocycles. The summed E-state index contributed by atoms with van der Waals surface area (Å²) in [5.41, 5.74) is 0. The first-order valence-corrected chi connectivity index (χ1v) is 4.05. The fourth-order valence-electron chi connectivity index (χ4n) is 0.0577. The Bertz CT molecular complexity index is 112. The summed E-state index contributed by atoms with van der Waals surface area (Å²) in [5, 5.41) is 24.0. The average Bonchev–Trinajstić information content (AvgIpc) is 1.83. The third-order valence-corrected chi connectivity index (χ3v) is 0.421. The third-order valence-electron chi connectivity index (χ3n) is 0.421. The normalized spacial score (nSPS) is 9.92. The predicted molar refractivity (Wildman–Crippen MR) is 41.6 cm³/mol. The summed E-state index contributed by atoms with van der Waals surface area (Å²) in [6.07, 6.45) is -0.954. The molecule has 0 bridgehead atoms. The van der Waals surface area contributed by atoms with Gasteiger partial charge in [0.1, 0.15) is 6.10 Å². The number of hydrogen-bond donors (Lipinski definition) is 6. The standard InChI is InChI=1S/C3H8O3.K.H3O4P.H/c4-1-3(6)2-5;;1-5(2,3)4;/h3-6H,1-2H2;;(H3,1,2,3,4);. The van der Waals surface area contributed by atoms with Crippen LogP contribution >= 0.6 is 7.82 Å². The molecule has 0 unspecified atom stereocenters. The summed E-state index contributed by atoms with van der Waals surface area (Å²) < 4.78 is 8.88. The Morgan fingerprint density at radius 3 is 1.25 bits per heavy atom. The first-order chi connectivity index (χ1) is 4.81. The number of phosphoric acid groups is 1. The molecule has 0 aromatic rings. The van der Waals surface area contributed by atoms with Crippen molar-refractivity contribution in [2.24, 2.45) is 0 Å². The van der Waals surface area contributed by atoms with Crippen molar-refractivity contribution in [3.05, 3.63) is 0 Å². The molecule has 0 aliphatic rings. The van der Waals surface area contributed by atoms with Gasteiger partial charge in [-0.1, -0.05) is 0 Å². The molecule has 0 radical (unpaired) electrons. The van der Waals surface area contributed by atoms with Crippen molar-refractivity contribution in [2.45, 2.75) is 6.10 Å². The molecule has 0 amide bonds. The van der Waals surface area contributed by atoms with E-state index < -0.39 is 13.9 Å². The van der Waals surface area contributed by atoms with E-state index in [2.05, 4.69) is 0 Å². The minimum atomic E-state index is -4.64. The van der Waals surface area contributed by atoms with Crippen LogP contribution in [-0.4, -0.2) is 101 Å². The summed E-state index contributed by atoms with van der Waals surface area (Å²) in [6, 6.07) is 0. The van der Waals surface area contributed by atoms with Gasteiger partial charge >= 0.3 is 59.2 Å². The molecule has 0 atom stereocenters.